The van der Waals surface area contributed by atoms with E-state index in [-0.39, 0.29) is 36.1 Å². The zero-order chi connectivity index (χ0) is 24.2. The molecule has 2 rings (SSSR count). The molecular weight excluding hydrogens is 405 g/mol. The topological polar surface area (TPSA) is 79.9 Å². The van der Waals surface area contributed by atoms with E-state index in [2.05, 4.69) is 50.2 Å². The van der Waals surface area contributed by atoms with Crippen LogP contribution in [0.25, 0.3) is 0 Å². The second-order valence-corrected chi connectivity index (χ2v) is 11.1. The smallest absolute Gasteiger partial charge is 0.403 e. The Labute approximate surface area is 195 Å². The van der Waals surface area contributed by atoms with Gasteiger partial charge in [-0.15, -0.1) is 0 Å². The molecule has 0 aromatic rings. The SMILES string of the molecule is CCCCNC(=O)[C@@]1(NC(C)=O)C[C@H](CCB2OC(C)(C)C(C)(C)O2)CC[C@H]1CN(C)C. The lowest BCUT2D eigenvalue weighted by Crippen LogP contribution is -2.66. The average Bonchev–Trinajstić information content (AvgIpc) is 2.87. The molecule has 0 aromatic heterocycles. The summed E-state index contributed by atoms with van der Waals surface area (Å²) in [6.07, 6.45) is 6.27. The molecule has 8 heteroatoms. The molecule has 0 spiro atoms. The summed E-state index contributed by atoms with van der Waals surface area (Å²) in [5, 5.41) is 6.24. The van der Waals surface area contributed by atoms with E-state index in [4.69, 9.17) is 9.31 Å². The van der Waals surface area contributed by atoms with Gasteiger partial charge in [0.1, 0.15) is 5.54 Å². The third kappa shape index (κ3) is 6.48. The predicted molar refractivity (Wildman–Crippen MR) is 129 cm³/mol. The Morgan fingerprint density at radius 1 is 1.09 bits per heavy atom. The molecule has 184 valence electrons. The van der Waals surface area contributed by atoms with Crippen LogP contribution in [0.15, 0.2) is 0 Å². The fraction of sp³-hybridized carbons (Fsp3) is 0.917. The summed E-state index contributed by atoms with van der Waals surface area (Å²) in [6, 6.07) is 0. The van der Waals surface area contributed by atoms with Crippen LogP contribution >= 0.6 is 0 Å². The van der Waals surface area contributed by atoms with Crippen LogP contribution in [0.3, 0.4) is 0 Å². The second kappa shape index (κ2) is 10.9. The molecule has 2 N–H and O–H groups in total. The first-order valence-corrected chi connectivity index (χ1v) is 12.4. The summed E-state index contributed by atoms with van der Waals surface area (Å²) in [4.78, 5) is 27.9. The third-order valence-corrected chi connectivity index (χ3v) is 7.55. The third-order valence-electron chi connectivity index (χ3n) is 7.55. The first-order valence-electron chi connectivity index (χ1n) is 12.4. The van der Waals surface area contributed by atoms with E-state index in [0.717, 1.165) is 45.0 Å². The number of carbonyl (C=O) groups excluding carboxylic acids is 2. The van der Waals surface area contributed by atoms with Gasteiger partial charge in [0.2, 0.25) is 11.8 Å². The van der Waals surface area contributed by atoms with Gasteiger partial charge in [-0.1, -0.05) is 19.8 Å². The zero-order valence-corrected chi connectivity index (χ0v) is 21.7. The molecule has 2 amide bonds. The molecule has 0 unspecified atom stereocenters. The summed E-state index contributed by atoms with van der Waals surface area (Å²) in [5.41, 5.74) is -1.54. The molecule has 1 saturated heterocycles. The number of nitrogens with zero attached hydrogens (tertiary/aromatic N) is 1. The quantitative estimate of drug-likeness (QED) is 0.394. The summed E-state index contributed by atoms with van der Waals surface area (Å²) in [6.45, 7) is 13.3. The number of hydrogen-bond acceptors (Lipinski definition) is 5. The van der Waals surface area contributed by atoms with Crippen LogP contribution in [0.4, 0.5) is 0 Å². The van der Waals surface area contributed by atoms with Gasteiger partial charge in [-0.05, 0) is 79.7 Å². The maximum absolute atomic E-state index is 13.5. The second-order valence-electron chi connectivity index (χ2n) is 11.1. The van der Waals surface area contributed by atoms with Crippen molar-refractivity contribution in [1.82, 2.24) is 15.5 Å². The minimum atomic E-state index is -0.872. The van der Waals surface area contributed by atoms with Gasteiger partial charge in [0.25, 0.3) is 0 Å². The van der Waals surface area contributed by atoms with Crippen LogP contribution in [0, 0.1) is 11.8 Å². The van der Waals surface area contributed by atoms with Gasteiger partial charge in [-0.3, -0.25) is 9.59 Å². The van der Waals surface area contributed by atoms with Crippen LogP contribution in [0.5, 0.6) is 0 Å². The maximum Gasteiger partial charge on any atom is 0.457 e. The Balaban J connectivity index is 2.15. The normalized spacial score (nSPS) is 29.2. The fourth-order valence-electron chi connectivity index (χ4n) is 5.13. The lowest BCUT2D eigenvalue weighted by Gasteiger charge is -2.47. The highest BCUT2D eigenvalue weighted by molar-refractivity contribution is 6.45. The van der Waals surface area contributed by atoms with E-state index in [9.17, 15) is 9.59 Å². The molecular formula is C24H46BN3O4. The highest BCUT2D eigenvalue weighted by atomic mass is 16.7. The van der Waals surface area contributed by atoms with Crippen molar-refractivity contribution in [2.45, 2.75) is 103 Å². The average molecular weight is 451 g/mol. The van der Waals surface area contributed by atoms with Crippen molar-refractivity contribution in [2.24, 2.45) is 11.8 Å². The number of unbranched alkanes of at least 4 members (excludes halogenated alkanes) is 1. The van der Waals surface area contributed by atoms with Crippen molar-refractivity contribution in [3.63, 3.8) is 0 Å². The van der Waals surface area contributed by atoms with Crippen molar-refractivity contribution in [1.29, 1.82) is 0 Å². The summed E-state index contributed by atoms with van der Waals surface area (Å²) in [7, 11) is 3.82. The van der Waals surface area contributed by atoms with Gasteiger partial charge in [0.15, 0.2) is 0 Å². The molecule has 1 aliphatic heterocycles. The van der Waals surface area contributed by atoms with Gasteiger partial charge in [-0.25, -0.2) is 0 Å². The minimum Gasteiger partial charge on any atom is -0.403 e. The Bertz CT molecular complexity index is 639. The lowest BCUT2D eigenvalue weighted by atomic mass is 9.65. The Morgan fingerprint density at radius 3 is 2.25 bits per heavy atom. The molecule has 2 aliphatic rings. The van der Waals surface area contributed by atoms with Crippen LogP contribution in [-0.2, 0) is 18.9 Å². The first kappa shape index (κ1) is 27.1. The number of hydrogen-bond donors (Lipinski definition) is 2. The lowest BCUT2D eigenvalue weighted by molar-refractivity contribution is -0.138. The first-order chi connectivity index (χ1) is 14.8. The number of rotatable bonds is 10. The van der Waals surface area contributed by atoms with Gasteiger partial charge >= 0.3 is 7.12 Å². The highest BCUT2D eigenvalue weighted by Crippen LogP contribution is 2.42. The van der Waals surface area contributed by atoms with Crippen molar-refractivity contribution >= 4 is 18.9 Å². The van der Waals surface area contributed by atoms with Gasteiger partial charge in [0, 0.05) is 25.9 Å². The maximum atomic E-state index is 13.5. The van der Waals surface area contributed by atoms with E-state index in [0.29, 0.717) is 18.9 Å². The van der Waals surface area contributed by atoms with Crippen LogP contribution in [0.2, 0.25) is 6.32 Å². The monoisotopic (exact) mass is 451 g/mol. The Kier molecular flexibility index (Phi) is 9.22. The van der Waals surface area contributed by atoms with Crippen LogP contribution < -0.4 is 10.6 Å². The van der Waals surface area contributed by atoms with E-state index in [1.165, 1.54) is 6.92 Å². The van der Waals surface area contributed by atoms with Crippen molar-refractivity contribution < 1.29 is 18.9 Å². The molecule has 1 saturated carbocycles. The Morgan fingerprint density at radius 2 is 1.72 bits per heavy atom. The highest BCUT2D eigenvalue weighted by Gasteiger charge is 2.52. The number of nitrogens with one attached hydrogen (secondary N) is 2. The molecule has 0 radical (unpaired) electrons. The zero-order valence-electron chi connectivity index (χ0n) is 21.7. The van der Waals surface area contributed by atoms with Crippen LogP contribution in [0.1, 0.15) is 80.1 Å². The molecule has 2 fully saturated rings. The molecule has 3 atom stereocenters. The van der Waals surface area contributed by atoms with Crippen molar-refractivity contribution in [3.05, 3.63) is 0 Å². The largest absolute Gasteiger partial charge is 0.457 e. The summed E-state index contributed by atoms with van der Waals surface area (Å²) < 4.78 is 12.4. The Hall–Kier alpha value is -1.12. The van der Waals surface area contributed by atoms with Crippen molar-refractivity contribution in [3.8, 4) is 0 Å². The standard InChI is InChI=1S/C24H46BN3O4/c1-9-10-15-26-21(30)24(27-18(2)29)16-19(11-12-20(24)17-28(7)8)13-14-25-31-22(3,4)23(5,6)32-25/h19-20H,9-17H2,1-8H3,(H,26,30)(H,27,29)/t19-,20-,24+/m0/s1. The van der Waals surface area contributed by atoms with Gasteiger partial charge < -0.3 is 24.8 Å². The van der Waals surface area contributed by atoms with Gasteiger partial charge in [0.05, 0.1) is 11.2 Å². The summed E-state index contributed by atoms with van der Waals surface area (Å²) >= 11 is 0. The molecule has 1 heterocycles. The van der Waals surface area contributed by atoms with Gasteiger partial charge in [-0.2, -0.15) is 0 Å². The van der Waals surface area contributed by atoms with Crippen LogP contribution in [-0.4, -0.2) is 67.8 Å². The van der Waals surface area contributed by atoms with E-state index in [1.807, 2.05) is 14.1 Å². The predicted octanol–water partition coefficient (Wildman–Crippen LogP) is 3.24. The van der Waals surface area contributed by atoms with E-state index >= 15 is 0 Å². The number of carbonyl (C=O) groups is 2. The molecule has 0 aromatic carbocycles. The molecule has 1 aliphatic carbocycles. The van der Waals surface area contributed by atoms with E-state index in [1.54, 1.807) is 0 Å². The summed E-state index contributed by atoms with van der Waals surface area (Å²) in [5.74, 6) is 0.228. The molecule has 7 nitrogen and oxygen atoms in total. The minimum absolute atomic E-state index is 0.0340. The molecule has 32 heavy (non-hydrogen) atoms. The number of amides is 2. The van der Waals surface area contributed by atoms with Crippen molar-refractivity contribution in [2.75, 3.05) is 27.2 Å². The fourth-order valence-corrected chi connectivity index (χ4v) is 5.13. The van der Waals surface area contributed by atoms with E-state index < -0.39 is 5.54 Å². The molecule has 0 bridgehead atoms.